The second-order valence-corrected chi connectivity index (χ2v) is 9.79. The number of fused-ring (bicyclic) bond motifs is 1. The van der Waals surface area contributed by atoms with Crippen LogP contribution in [0.4, 0.5) is 0 Å². The summed E-state index contributed by atoms with van der Waals surface area (Å²) < 4.78 is 8.11. The molecule has 0 unspecified atom stereocenters. The lowest BCUT2D eigenvalue weighted by Gasteiger charge is -2.23. The Morgan fingerprint density at radius 1 is 1.27 bits per heavy atom. The van der Waals surface area contributed by atoms with Crippen molar-refractivity contribution in [3.63, 3.8) is 0 Å². The van der Waals surface area contributed by atoms with E-state index in [1.165, 1.54) is 53.5 Å². The molecule has 0 aliphatic carbocycles. The third kappa shape index (κ3) is 4.28. The largest absolute Gasteiger partial charge is 0.480 e. The number of rotatable bonds is 6. The topological polar surface area (TPSA) is 120 Å². The van der Waals surface area contributed by atoms with Gasteiger partial charge in [0.2, 0.25) is 5.89 Å². The molecule has 176 valence electrons. The fraction of sp³-hybridized carbons (Fsp3) is 0.381. The van der Waals surface area contributed by atoms with E-state index in [1.807, 2.05) is 13.8 Å². The number of hydrogen-bond donors (Lipinski definition) is 1. The quantitative estimate of drug-likeness (QED) is 0.408. The molecule has 0 amide bonds. The Morgan fingerprint density at radius 2 is 1.97 bits per heavy atom. The number of aliphatic carboxylic acids is 1. The Balaban J connectivity index is 0.00000149. The number of halogens is 1. The maximum Gasteiger partial charge on any atom is 0.333 e. The summed E-state index contributed by atoms with van der Waals surface area (Å²) in [5.74, 6) is -0.968. The fourth-order valence-corrected chi connectivity index (χ4v) is 5.39. The number of thiophene rings is 1. The van der Waals surface area contributed by atoms with Gasteiger partial charge in [-0.1, -0.05) is 25.4 Å². The number of nitrogens with zero attached hydrogens (tertiary/aromatic N) is 4. The number of carboxylic acids is 1. The van der Waals surface area contributed by atoms with Crippen LogP contribution in [-0.4, -0.2) is 30.2 Å². The lowest BCUT2D eigenvalue weighted by molar-refractivity contribution is -0.146. The van der Waals surface area contributed by atoms with Crippen LogP contribution in [0.5, 0.6) is 0 Å². The van der Waals surface area contributed by atoms with Gasteiger partial charge in [-0.25, -0.2) is 24.1 Å². The van der Waals surface area contributed by atoms with Gasteiger partial charge >= 0.3 is 11.7 Å². The van der Waals surface area contributed by atoms with Crippen LogP contribution in [-0.2, 0) is 23.3 Å². The molecular weight excluding hydrogens is 488 g/mol. The Kier molecular flexibility index (Phi) is 7.25. The van der Waals surface area contributed by atoms with Gasteiger partial charge in [0, 0.05) is 13.0 Å². The van der Waals surface area contributed by atoms with Crippen molar-refractivity contribution in [1.82, 2.24) is 19.1 Å². The minimum atomic E-state index is -1.75. The predicted molar refractivity (Wildman–Crippen MR) is 130 cm³/mol. The Bertz CT molecular complexity index is 1410. The highest BCUT2D eigenvalue weighted by molar-refractivity contribution is 7.22. The highest BCUT2D eigenvalue weighted by atomic mass is 35.5. The molecule has 1 N–H and O–H groups in total. The van der Waals surface area contributed by atoms with Crippen LogP contribution in [0.3, 0.4) is 0 Å². The highest BCUT2D eigenvalue weighted by Crippen LogP contribution is 2.35. The Morgan fingerprint density at radius 3 is 2.52 bits per heavy atom. The van der Waals surface area contributed by atoms with Crippen LogP contribution >= 0.6 is 34.3 Å². The SMILES string of the molecule is CC.Cc1c(-c2ncco2)sc2c1c(=O)n(C(C)(C)C(=O)O)c(=O)n2CCc1ncsc1Cl. The first-order valence-corrected chi connectivity index (χ1v) is 12.2. The summed E-state index contributed by atoms with van der Waals surface area (Å²) in [6, 6.07) is 0. The molecule has 0 atom stereocenters. The van der Waals surface area contributed by atoms with E-state index in [2.05, 4.69) is 9.97 Å². The first-order valence-electron chi connectivity index (χ1n) is 10.1. The van der Waals surface area contributed by atoms with Crippen molar-refractivity contribution in [2.24, 2.45) is 0 Å². The van der Waals surface area contributed by atoms with Crippen LogP contribution in [0.2, 0.25) is 4.34 Å². The molecule has 9 nitrogen and oxygen atoms in total. The van der Waals surface area contributed by atoms with E-state index in [9.17, 15) is 19.5 Å². The van der Waals surface area contributed by atoms with Crippen molar-refractivity contribution in [1.29, 1.82) is 0 Å². The summed E-state index contributed by atoms with van der Waals surface area (Å²) in [4.78, 5) is 48.0. The van der Waals surface area contributed by atoms with Crippen molar-refractivity contribution in [3.8, 4) is 10.8 Å². The molecule has 0 aliphatic heterocycles. The Hall–Kier alpha value is -2.76. The number of aromatic nitrogens is 4. The summed E-state index contributed by atoms with van der Waals surface area (Å²) in [6.07, 6.45) is 3.25. The van der Waals surface area contributed by atoms with Crippen molar-refractivity contribution < 1.29 is 14.3 Å². The fourth-order valence-electron chi connectivity index (χ4n) is 3.31. The molecule has 0 bridgehead atoms. The van der Waals surface area contributed by atoms with E-state index in [4.69, 9.17) is 16.0 Å². The minimum Gasteiger partial charge on any atom is -0.480 e. The van der Waals surface area contributed by atoms with Gasteiger partial charge in [0.15, 0.2) is 0 Å². The third-order valence-corrected chi connectivity index (χ3v) is 7.53. The van der Waals surface area contributed by atoms with Crippen LogP contribution in [0, 0.1) is 6.92 Å². The lowest BCUT2D eigenvalue weighted by atomic mass is 10.1. The Labute approximate surface area is 201 Å². The van der Waals surface area contributed by atoms with Gasteiger partial charge in [-0.05, 0) is 26.3 Å². The normalized spacial score (nSPS) is 11.5. The lowest BCUT2D eigenvalue weighted by Crippen LogP contribution is -2.52. The molecule has 0 aliphatic rings. The van der Waals surface area contributed by atoms with Gasteiger partial charge in [0.05, 0.1) is 27.7 Å². The smallest absolute Gasteiger partial charge is 0.333 e. The summed E-state index contributed by atoms with van der Waals surface area (Å²) in [5, 5.41) is 9.95. The first kappa shape index (κ1) is 24.9. The second kappa shape index (κ2) is 9.62. The van der Waals surface area contributed by atoms with Gasteiger partial charge < -0.3 is 9.52 Å². The number of carboxylic acid groups (broad SMARTS) is 1. The van der Waals surface area contributed by atoms with Gasteiger partial charge in [-0.2, -0.15) is 0 Å². The molecule has 4 heterocycles. The molecule has 0 radical (unpaired) electrons. The number of thiazole rings is 1. The molecule has 4 aromatic heterocycles. The molecular formula is C21H23ClN4O5S2. The predicted octanol–water partition coefficient (Wildman–Crippen LogP) is 4.39. The summed E-state index contributed by atoms with van der Waals surface area (Å²) in [7, 11) is 0. The molecule has 12 heteroatoms. The van der Waals surface area contributed by atoms with Crippen LogP contribution < -0.4 is 11.2 Å². The molecule has 4 aromatic rings. The van der Waals surface area contributed by atoms with Crippen LogP contribution in [0.25, 0.3) is 21.0 Å². The van der Waals surface area contributed by atoms with E-state index in [0.29, 0.717) is 37.6 Å². The average Bonchev–Trinajstić information content (AvgIpc) is 3.50. The minimum absolute atomic E-state index is 0.166. The number of oxazole rings is 1. The number of aryl methyl sites for hydroxylation is 3. The van der Waals surface area contributed by atoms with Crippen LogP contribution in [0.15, 0.2) is 32.0 Å². The molecule has 33 heavy (non-hydrogen) atoms. The molecule has 0 aromatic carbocycles. The van der Waals surface area contributed by atoms with Crippen molar-refractivity contribution in [3.05, 3.63) is 54.4 Å². The summed E-state index contributed by atoms with van der Waals surface area (Å²) >= 11 is 8.63. The van der Waals surface area contributed by atoms with E-state index < -0.39 is 22.8 Å². The van der Waals surface area contributed by atoms with E-state index in [-0.39, 0.29) is 11.9 Å². The summed E-state index contributed by atoms with van der Waals surface area (Å²) in [6.45, 7) is 8.54. The molecule has 0 fully saturated rings. The zero-order valence-electron chi connectivity index (χ0n) is 18.7. The molecule has 4 rings (SSSR count). The zero-order chi connectivity index (χ0) is 24.5. The van der Waals surface area contributed by atoms with E-state index in [1.54, 1.807) is 12.4 Å². The standard InChI is InChI=1S/C19H17ClN4O5S2.C2H6/c1-9-11-15(25)24(19(2,3)17(26)27)18(28)23(6-4-10-13(20)30-8-22-10)16(11)31-12(9)14-21-5-7-29-14;1-2/h5,7-8H,4,6H2,1-3H3,(H,26,27);1-2H3. The van der Waals surface area contributed by atoms with Crippen molar-refractivity contribution in [2.75, 3.05) is 0 Å². The van der Waals surface area contributed by atoms with Gasteiger partial charge in [-0.3, -0.25) is 9.36 Å². The van der Waals surface area contributed by atoms with Crippen LogP contribution in [0.1, 0.15) is 39.0 Å². The average molecular weight is 511 g/mol. The van der Waals surface area contributed by atoms with E-state index in [0.717, 1.165) is 4.57 Å². The third-order valence-electron chi connectivity index (χ3n) is 5.09. The molecule has 0 spiro atoms. The second-order valence-electron chi connectivity index (χ2n) is 7.34. The number of hydrogen-bond acceptors (Lipinski definition) is 8. The van der Waals surface area contributed by atoms with E-state index >= 15 is 0 Å². The van der Waals surface area contributed by atoms with Crippen molar-refractivity contribution >= 4 is 50.5 Å². The monoisotopic (exact) mass is 510 g/mol. The summed E-state index contributed by atoms with van der Waals surface area (Å²) in [5.41, 5.74) is -0.315. The maximum atomic E-state index is 13.4. The maximum absolute atomic E-state index is 13.4. The van der Waals surface area contributed by atoms with Gasteiger partial charge in [0.25, 0.3) is 5.56 Å². The molecule has 0 saturated carbocycles. The zero-order valence-corrected chi connectivity index (χ0v) is 21.1. The first-order chi connectivity index (χ1) is 15.6. The van der Waals surface area contributed by atoms with Crippen molar-refractivity contribution in [2.45, 2.75) is 53.1 Å². The van der Waals surface area contributed by atoms with Gasteiger partial charge in [0.1, 0.15) is 21.0 Å². The van der Waals surface area contributed by atoms with Gasteiger partial charge in [-0.15, -0.1) is 22.7 Å². The highest BCUT2D eigenvalue weighted by Gasteiger charge is 2.35. The molecule has 0 saturated heterocycles. The number of carbonyl (C=O) groups is 1.